The van der Waals surface area contributed by atoms with Crippen molar-refractivity contribution in [2.45, 2.75) is 0 Å². The molecule has 0 saturated carbocycles. The Morgan fingerprint density at radius 2 is 0.636 bits per heavy atom. The zero-order chi connectivity index (χ0) is 15.4. The lowest BCUT2D eigenvalue weighted by Gasteiger charge is -2.14. The Kier molecular flexibility index (Phi) is 3.39. The molecule has 0 spiro atoms. The number of hydrogen-bond donors (Lipinski definition) is 0. The van der Waals surface area contributed by atoms with Gasteiger partial charge in [0.25, 0.3) is 0 Å². The second kappa shape index (κ2) is 5.18. The predicted molar refractivity (Wildman–Crippen MR) is 99.0 cm³/mol. The molecule has 4 rings (SSSR count). The Bertz CT molecular complexity index is 899. The van der Waals surface area contributed by atoms with Crippen molar-refractivity contribution in [3.05, 3.63) is 68.6 Å². The fourth-order valence-electron chi connectivity index (χ4n) is 2.90. The van der Waals surface area contributed by atoms with E-state index < -0.39 is 0 Å². The van der Waals surface area contributed by atoms with Crippen molar-refractivity contribution in [3.63, 3.8) is 0 Å². The van der Waals surface area contributed by atoms with Crippen molar-refractivity contribution in [2.24, 2.45) is 0 Å². The lowest BCUT2D eigenvalue weighted by atomic mass is 9.99. The molecule has 22 heavy (non-hydrogen) atoms. The van der Waals surface area contributed by atoms with Gasteiger partial charge in [-0.15, -0.1) is 0 Å². The molecule has 0 bridgehead atoms. The Balaban J connectivity index is 2.42. The third kappa shape index (κ3) is 1.85. The summed E-state index contributed by atoms with van der Waals surface area (Å²) < 4.78 is 0. The summed E-state index contributed by atoms with van der Waals surface area (Å²) in [6, 6.07) is 15.4. The largest absolute Gasteiger partial charge is 0.0829 e. The summed E-state index contributed by atoms with van der Waals surface area (Å²) in [5.41, 5.74) is 0. The highest BCUT2D eigenvalue weighted by molar-refractivity contribution is 6.56. The first-order valence-electron chi connectivity index (χ1n) is 6.66. The number of benzene rings is 4. The monoisotopic (exact) mass is 364 g/mol. The van der Waals surface area contributed by atoms with Crippen LogP contribution in [0.3, 0.4) is 0 Å². The molecule has 0 aromatic heterocycles. The molecule has 4 aromatic rings. The second-order valence-electron chi connectivity index (χ2n) is 5.10. The molecule has 0 aliphatic rings. The third-order valence-electron chi connectivity index (χ3n) is 3.93. The molecule has 0 nitrogen and oxygen atoms in total. The van der Waals surface area contributed by atoms with Crippen LogP contribution in [0.25, 0.3) is 32.3 Å². The molecule has 108 valence electrons. The molecule has 0 radical (unpaired) electrons. The van der Waals surface area contributed by atoms with E-state index in [4.69, 9.17) is 46.4 Å². The van der Waals surface area contributed by atoms with Crippen molar-refractivity contribution in [1.82, 2.24) is 0 Å². The summed E-state index contributed by atoms with van der Waals surface area (Å²) in [4.78, 5) is 0. The Hall–Kier alpha value is -1.18. The first-order valence-corrected chi connectivity index (χ1v) is 8.17. The van der Waals surface area contributed by atoms with E-state index in [0.29, 0.717) is 30.9 Å². The van der Waals surface area contributed by atoms with Gasteiger partial charge < -0.3 is 0 Å². The highest BCUT2D eigenvalue weighted by Gasteiger charge is 2.19. The molecule has 0 fully saturated rings. The molecular weight excluding hydrogens is 358 g/mol. The van der Waals surface area contributed by atoms with Gasteiger partial charge in [0.15, 0.2) is 0 Å². The van der Waals surface area contributed by atoms with Crippen LogP contribution in [0, 0.1) is 0 Å². The van der Waals surface area contributed by atoms with Gasteiger partial charge in [-0.3, -0.25) is 0 Å². The van der Waals surface area contributed by atoms with Gasteiger partial charge in [0.1, 0.15) is 0 Å². The summed E-state index contributed by atoms with van der Waals surface area (Å²) >= 11 is 26.5. The maximum atomic E-state index is 6.62. The van der Waals surface area contributed by atoms with Crippen molar-refractivity contribution >= 4 is 78.7 Å². The van der Waals surface area contributed by atoms with Crippen molar-refractivity contribution in [3.8, 4) is 0 Å². The molecular formula is C18H8Cl4. The van der Waals surface area contributed by atoms with E-state index in [-0.39, 0.29) is 0 Å². The average Bonchev–Trinajstić information content (AvgIpc) is 2.56. The SMILES string of the molecule is Clc1c2ccccc2c(Cl)c2c(Cl)c3ccccc3c(Cl)c12. The summed E-state index contributed by atoms with van der Waals surface area (Å²) in [6.07, 6.45) is 0. The van der Waals surface area contributed by atoms with E-state index in [9.17, 15) is 0 Å². The number of halogens is 4. The molecule has 0 aliphatic carbocycles. The maximum Gasteiger partial charge on any atom is 0.0579 e. The smallest absolute Gasteiger partial charge is 0.0579 e. The standard InChI is InChI=1S/C18H8Cl4/c19-15-9-5-1-2-6-10(9)16(20)14-13(15)17(21)11-7-3-4-8-12(11)18(14)22/h1-8H. The Morgan fingerprint density at radius 1 is 0.409 bits per heavy atom. The molecule has 0 N–H and O–H groups in total. The third-order valence-corrected chi connectivity index (χ3v) is 5.50. The Morgan fingerprint density at radius 3 is 0.864 bits per heavy atom. The summed E-state index contributed by atoms with van der Waals surface area (Å²) in [5, 5.41) is 7.20. The quantitative estimate of drug-likeness (QED) is 0.279. The van der Waals surface area contributed by atoms with E-state index in [0.717, 1.165) is 21.5 Å². The maximum absolute atomic E-state index is 6.62. The van der Waals surface area contributed by atoms with Gasteiger partial charge in [-0.25, -0.2) is 0 Å². The second-order valence-corrected chi connectivity index (χ2v) is 6.61. The van der Waals surface area contributed by atoms with E-state index in [1.807, 2.05) is 48.5 Å². The van der Waals surface area contributed by atoms with Gasteiger partial charge in [-0.2, -0.15) is 0 Å². The van der Waals surface area contributed by atoms with Crippen LogP contribution in [-0.4, -0.2) is 0 Å². The zero-order valence-electron chi connectivity index (χ0n) is 11.1. The Labute approximate surface area is 147 Å². The van der Waals surface area contributed by atoms with Crippen molar-refractivity contribution < 1.29 is 0 Å². The fourth-order valence-corrected chi connectivity index (χ4v) is 4.41. The van der Waals surface area contributed by atoms with Crippen LogP contribution in [0.2, 0.25) is 20.1 Å². The van der Waals surface area contributed by atoms with Crippen LogP contribution in [0.1, 0.15) is 0 Å². The number of fused-ring (bicyclic) bond motifs is 3. The molecule has 0 amide bonds. The van der Waals surface area contributed by atoms with Crippen LogP contribution >= 0.6 is 46.4 Å². The zero-order valence-corrected chi connectivity index (χ0v) is 14.2. The highest BCUT2D eigenvalue weighted by Crippen LogP contribution is 2.48. The van der Waals surface area contributed by atoms with Crippen LogP contribution in [0.5, 0.6) is 0 Å². The molecule has 0 heterocycles. The topological polar surface area (TPSA) is 0 Å². The first kappa shape index (κ1) is 14.4. The van der Waals surface area contributed by atoms with Crippen LogP contribution in [0.15, 0.2) is 48.5 Å². The molecule has 0 saturated heterocycles. The summed E-state index contributed by atoms with van der Waals surface area (Å²) in [7, 11) is 0. The lowest BCUT2D eigenvalue weighted by molar-refractivity contribution is 1.77. The van der Waals surface area contributed by atoms with E-state index in [1.54, 1.807) is 0 Å². The van der Waals surface area contributed by atoms with E-state index >= 15 is 0 Å². The van der Waals surface area contributed by atoms with Crippen LogP contribution in [-0.2, 0) is 0 Å². The molecule has 0 aliphatic heterocycles. The summed E-state index contributed by atoms with van der Waals surface area (Å²) in [5.74, 6) is 0. The average molecular weight is 366 g/mol. The lowest BCUT2D eigenvalue weighted by Crippen LogP contribution is -1.87. The van der Waals surface area contributed by atoms with Gasteiger partial charge in [-0.1, -0.05) is 94.9 Å². The summed E-state index contributed by atoms with van der Waals surface area (Å²) in [6.45, 7) is 0. The van der Waals surface area contributed by atoms with Gasteiger partial charge in [-0.05, 0) is 0 Å². The van der Waals surface area contributed by atoms with E-state index in [2.05, 4.69) is 0 Å². The van der Waals surface area contributed by atoms with Crippen molar-refractivity contribution in [1.29, 1.82) is 0 Å². The number of hydrogen-bond acceptors (Lipinski definition) is 0. The molecule has 4 heteroatoms. The first-order chi connectivity index (χ1) is 10.6. The van der Waals surface area contributed by atoms with Crippen LogP contribution in [0.4, 0.5) is 0 Å². The van der Waals surface area contributed by atoms with Gasteiger partial charge in [0.2, 0.25) is 0 Å². The van der Waals surface area contributed by atoms with E-state index in [1.165, 1.54) is 0 Å². The molecule has 4 aromatic carbocycles. The predicted octanol–water partition coefficient (Wildman–Crippen LogP) is 7.76. The molecule has 0 atom stereocenters. The highest BCUT2D eigenvalue weighted by atomic mass is 35.5. The fraction of sp³-hybridized carbons (Fsp3) is 0. The van der Waals surface area contributed by atoms with Crippen LogP contribution < -0.4 is 0 Å². The van der Waals surface area contributed by atoms with Gasteiger partial charge >= 0.3 is 0 Å². The minimum Gasteiger partial charge on any atom is -0.0829 e. The molecule has 0 unspecified atom stereocenters. The minimum atomic E-state index is 0.577. The van der Waals surface area contributed by atoms with Crippen molar-refractivity contribution in [2.75, 3.05) is 0 Å². The van der Waals surface area contributed by atoms with Gasteiger partial charge in [0.05, 0.1) is 20.1 Å². The minimum absolute atomic E-state index is 0.577. The number of rotatable bonds is 0. The van der Waals surface area contributed by atoms with Gasteiger partial charge in [0, 0.05) is 32.3 Å². The normalized spacial score (nSPS) is 11.6.